The standard InChI is InChI=1S/C14H20N2O4S/c1-16-14(10-3-7-12(19-2)8-4-10)13(9-20-16)21(17,18)15-11-5-6-11/h3-4,7-8,11,13-15H,5-6,9H2,1-2H3. The third kappa shape index (κ3) is 3.06. The molecule has 0 radical (unpaired) electrons. The highest BCUT2D eigenvalue weighted by molar-refractivity contribution is 7.90. The minimum Gasteiger partial charge on any atom is -0.497 e. The summed E-state index contributed by atoms with van der Waals surface area (Å²) in [4.78, 5) is 5.46. The van der Waals surface area contributed by atoms with Gasteiger partial charge in [-0.05, 0) is 30.5 Å². The molecule has 3 rings (SSSR count). The van der Waals surface area contributed by atoms with Gasteiger partial charge in [-0.2, -0.15) is 5.06 Å². The van der Waals surface area contributed by atoms with Crippen LogP contribution in [0, 0.1) is 0 Å². The Morgan fingerprint density at radius 1 is 1.29 bits per heavy atom. The third-order valence-electron chi connectivity index (χ3n) is 3.95. The summed E-state index contributed by atoms with van der Waals surface area (Å²) in [6.45, 7) is 0.176. The minimum atomic E-state index is -3.39. The summed E-state index contributed by atoms with van der Waals surface area (Å²) in [7, 11) is -0.0214. The third-order valence-corrected chi connectivity index (χ3v) is 5.80. The van der Waals surface area contributed by atoms with Crippen molar-refractivity contribution in [1.82, 2.24) is 9.79 Å². The molecule has 2 unspecified atom stereocenters. The Bertz CT molecular complexity index is 598. The van der Waals surface area contributed by atoms with Crippen LogP contribution in [-0.4, -0.2) is 45.5 Å². The van der Waals surface area contributed by atoms with Gasteiger partial charge in [-0.1, -0.05) is 12.1 Å². The zero-order chi connectivity index (χ0) is 15.0. The van der Waals surface area contributed by atoms with Gasteiger partial charge in [-0.25, -0.2) is 13.1 Å². The molecule has 1 N–H and O–H groups in total. The van der Waals surface area contributed by atoms with Crippen molar-refractivity contribution in [1.29, 1.82) is 0 Å². The van der Waals surface area contributed by atoms with Crippen molar-refractivity contribution in [2.75, 3.05) is 20.8 Å². The molecule has 0 aromatic heterocycles. The molecule has 1 heterocycles. The van der Waals surface area contributed by atoms with Gasteiger partial charge in [0.25, 0.3) is 0 Å². The van der Waals surface area contributed by atoms with Gasteiger partial charge < -0.3 is 4.74 Å². The van der Waals surface area contributed by atoms with Crippen molar-refractivity contribution in [3.63, 3.8) is 0 Å². The van der Waals surface area contributed by atoms with Crippen molar-refractivity contribution in [3.05, 3.63) is 29.8 Å². The van der Waals surface area contributed by atoms with E-state index < -0.39 is 15.3 Å². The minimum absolute atomic E-state index is 0.109. The molecular formula is C14H20N2O4S. The summed E-state index contributed by atoms with van der Waals surface area (Å²) in [5.74, 6) is 0.746. The van der Waals surface area contributed by atoms with Crippen LogP contribution < -0.4 is 9.46 Å². The average Bonchev–Trinajstić information content (AvgIpc) is 3.17. The van der Waals surface area contributed by atoms with E-state index in [1.165, 1.54) is 0 Å². The molecular weight excluding hydrogens is 292 g/mol. The Morgan fingerprint density at radius 2 is 1.95 bits per heavy atom. The van der Waals surface area contributed by atoms with Gasteiger partial charge in [0.1, 0.15) is 11.0 Å². The monoisotopic (exact) mass is 312 g/mol. The molecule has 116 valence electrons. The van der Waals surface area contributed by atoms with Gasteiger partial charge in [-0.3, -0.25) is 4.84 Å². The Morgan fingerprint density at radius 3 is 2.52 bits per heavy atom. The zero-order valence-electron chi connectivity index (χ0n) is 12.2. The highest BCUT2D eigenvalue weighted by Crippen LogP contribution is 2.35. The molecule has 1 aliphatic carbocycles. The van der Waals surface area contributed by atoms with Crippen LogP contribution in [-0.2, 0) is 14.9 Å². The number of rotatable bonds is 5. The molecule has 1 saturated carbocycles. The van der Waals surface area contributed by atoms with Crippen LogP contribution in [0.5, 0.6) is 5.75 Å². The fraction of sp³-hybridized carbons (Fsp3) is 0.571. The van der Waals surface area contributed by atoms with Crippen molar-refractivity contribution < 1.29 is 18.0 Å². The normalized spacial score (nSPS) is 27.0. The van der Waals surface area contributed by atoms with E-state index in [1.54, 1.807) is 19.2 Å². The molecule has 6 nitrogen and oxygen atoms in total. The Hall–Kier alpha value is -1.15. The van der Waals surface area contributed by atoms with E-state index in [0.29, 0.717) is 0 Å². The number of hydrogen-bond donors (Lipinski definition) is 1. The first-order valence-corrected chi connectivity index (χ1v) is 8.57. The second-order valence-electron chi connectivity index (χ2n) is 5.54. The van der Waals surface area contributed by atoms with Crippen molar-refractivity contribution >= 4 is 10.0 Å². The van der Waals surface area contributed by atoms with Gasteiger partial charge in [0.05, 0.1) is 19.8 Å². The lowest BCUT2D eigenvalue weighted by molar-refractivity contribution is -0.110. The Labute approximate surface area is 125 Å². The molecule has 1 aromatic rings. The second-order valence-corrected chi connectivity index (χ2v) is 7.47. The van der Waals surface area contributed by atoms with Crippen LogP contribution in [0.3, 0.4) is 0 Å². The predicted molar refractivity (Wildman–Crippen MR) is 78.3 cm³/mol. The summed E-state index contributed by atoms with van der Waals surface area (Å²) in [6.07, 6.45) is 1.85. The molecule has 0 amide bonds. The van der Waals surface area contributed by atoms with Crippen molar-refractivity contribution in [2.45, 2.75) is 30.2 Å². The van der Waals surface area contributed by atoms with Gasteiger partial charge >= 0.3 is 0 Å². The fourth-order valence-electron chi connectivity index (χ4n) is 2.60. The summed E-state index contributed by atoms with van der Waals surface area (Å²) in [5.41, 5.74) is 0.905. The maximum Gasteiger partial charge on any atom is 0.219 e. The van der Waals surface area contributed by atoms with E-state index in [-0.39, 0.29) is 18.7 Å². The molecule has 2 fully saturated rings. The van der Waals surface area contributed by atoms with Crippen LogP contribution >= 0.6 is 0 Å². The SMILES string of the molecule is COc1ccc(C2C(S(=O)(=O)NC3CC3)CON2C)cc1. The molecule has 1 aliphatic heterocycles. The average molecular weight is 312 g/mol. The first-order valence-electron chi connectivity index (χ1n) is 7.02. The number of ether oxygens (including phenoxy) is 1. The smallest absolute Gasteiger partial charge is 0.219 e. The van der Waals surface area contributed by atoms with E-state index in [2.05, 4.69) is 4.72 Å². The van der Waals surface area contributed by atoms with E-state index >= 15 is 0 Å². The predicted octanol–water partition coefficient (Wildman–Crippen LogP) is 1.06. The topological polar surface area (TPSA) is 67.9 Å². The summed E-state index contributed by atoms with van der Waals surface area (Å²) >= 11 is 0. The molecule has 7 heteroatoms. The Balaban J connectivity index is 1.85. The number of nitrogens with zero attached hydrogens (tertiary/aromatic N) is 1. The molecule has 1 saturated heterocycles. The number of sulfonamides is 1. The molecule has 0 bridgehead atoms. The van der Waals surface area contributed by atoms with Crippen molar-refractivity contribution in [2.24, 2.45) is 0 Å². The first kappa shape index (κ1) is 14.8. The maximum absolute atomic E-state index is 12.5. The van der Waals surface area contributed by atoms with Gasteiger partial charge in [-0.15, -0.1) is 0 Å². The highest BCUT2D eigenvalue weighted by atomic mass is 32.2. The molecule has 2 atom stereocenters. The fourth-order valence-corrected chi connectivity index (χ4v) is 4.39. The number of nitrogens with one attached hydrogen (secondary N) is 1. The van der Waals surface area contributed by atoms with Crippen molar-refractivity contribution in [3.8, 4) is 5.75 Å². The quantitative estimate of drug-likeness (QED) is 0.880. The van der Waals surface area contributed by atoms with Crippen LogP contribution in [0.1, 0.15) is 24.4 Å². The number of hydrogen-bond acceptors (Lipinski definition) is 5. The lowest BCUT2D eigenvalue weighted by Gasteiger charge is -2.23. The molecule has 0 spiro atoms. The number of benzene rings is 1. The summed E-state index contributed by atoms with van der Waals surface area (Å²) < 4.78 is 32.9. The lowest BCUT2D eigenvalue weighted by atomic mass is 10.0. The van der Waals surface area contributed by atoms with Crippen LogP contribution in [0.4, 0.5) is 0 Å². The summed E-state index contributed by atoms with van der Waals surface area (Å²) in [6, 6.07) is 7.23. The molecule has 2 aliphatic rings. The zero-order valence-corrected chi connectivity index (χ0v) is 13.0. The largest absolute Gasteiger partial charge is 0.497 e. The Kier molecular flexibility index (Phi) is 3.92. The lowest BCUT2D eigenvalue weighted by Crippen LogP contribution is -2.40. The van der Waals surface area contributed by atoms with E-state index in [0.717, 1.165) is 24.2 Å². The van der Waals surface area contributed by atoms with E-state index in [1.807, 2.05) is 24.3 Å². The van der Waals surface area contributed by atoms with Crippen LogP contribution in [0.25, 0.3) is 0 Å². The summed E-state index contributed by atoms with van der Waals surface area (Å²) in [5, 5.41) is 1.02. The second kappa shape index (κ2) is 5.57. The van der Waals surface area contributed by atoms with Gasteiger partial charge in [0.15, 0.2) is 0 Å². The van der Waals surface area contributed by atoms with Crippen LogP contribution in [0.15, 0.2) is 24.3 Å². The van der Waals surface area contributed by atoms with E-state index in [4.69, 9.17) is 9.57 Å². The molecule has 1 aromatic carbocycles. The number of methoxy groups -OCH3 is 1. The van der Waals surface area contributed by atoms with Gasteiger partial charge in [0, 0.05) is 13.1 Å². The maximum atomic E-state index is 12.5. The molecule has 21 heavy (non-hydrogen) atoms. The first-order chi connectivity index (χ1) is 10.0. The highest BCUT2D eigenvalue weighted by Gasteiger charge is 2.44. The van der Waals surface area contributed by atoms with Crippen LogP contribution in [0.2, 0.25) is 0 Å². The van der Waals surface area contributed by atoms with Gasteiger partial charge in [0.2, 0.25) is 10.0 Å². The van der Waals surface area contributed by atoms with E-state index in [9.17, 15) is 8.42 Å². The number of hydroxylamine groups is 2.